The van der Waals surface area contributed by atoms with Crippen LogP contribution in [-0.4, -0.2) is 36.2 Å². The number of hydrogen-bond acceptors (Lipinski definition) is 5. The third kappa shape index (κ3) is 2.76. The van der Waals surface area contributed by atoms with Crippen LogP contribution in [0.3, 0.4) is 0 Å². The van der Waals surface area contributed by atoms with Crippen LogP contribution in [0.4, 0.5) is 10.1 Å². The molecule has 0 saturated heterocycles. The molecule has 0 spiro atoms. The van der Waals surface area contributed by atoms with Crippen molar-refractivity contribution in [1.82, 2.24) is 9.66 Å². The normalized spacial score (nSPS) is 13.1. The lowest BCUT2D eigenvalue weighted by Gasteiger charge is -2.19. The summed E-state index contributed by atoms with van der Waals surface area (Å²) in [6.07, 6.45) is 3.18. The Morgan fingerprint density at radius 2 is 2.15 bits per heavy atom. The van der Waals surface area contributed by atoms with Gasteiger partial charge in [-0.2, -0.15) is 0 Å². The van der Waals surface area contributed by atoms with Crippen LogP contribution in [0.1, 0.15) is 0 Å². The van der Waals surface area contributed by atoms with Gasteiger partial charge in [-0.15, -0.1) is 0 Å². The smallest absolute Gasteiger partial charge is 0.233 e. The highest BCUT2D eigenvalue weighted by atomic mass is 19.1. The van der Waals surface area contributed by atoms with Crippen molar-refractivity contribution < 1.29 is 18.6 Å². The predicted molar refractivity (Wildman–Crippen MR) is 70.1 cm³/mol. The summed E-state index contributed by atoms with van der Waals surface area (Å²) in [5, 5.41) is 0. The van der Waals surface area contributed by atoms with E-state index in [1.807, 2.05) is 18.2 Å². The molecule has 0 bridgehead atoms. The molecule has 0 unspecified atom stereocenters. The molecule has 2 aromatic rings. The van der Waals surface area contributed by atoms with Crippen LogP contribution in [0.2, 0.25) is 0 Å². The van der Waals surface area contributed by atoms with Gasteiger partial charge in [-0.05, 0) is 12.1 Å². The third-order valence-electron chi connectivity index (χ3n) is 2.69. The van der Waals surface area contributed by atoms with Gasteiger partial charge in [-0.3, -0.25) is 5.43 Å². The lowest BCUT2D eigenvalue weighted by Crippen LogP contribution is -2.15. The molecular weight excluding hydrogens is 265 g/mol. The Kier molecular flexibility index (Phi) is 3.58. The van der Waals surface area contributed by atoms with E-state index in [2.05, 4.69) is 10.4 Å². The first-order chi connectivity index (χ1) is 9.85. The minimum Gasteiger partial charge on any atom is -0.486 e. The number of alkyl halides is 1. The maximum atomic E-state index is 12.0. The Bertz CT molecular complexity index is 588. The van der Waals surface area contributed by atoms with Crippen molar-refractivity contribution in [2.24, 2.45) is 0 Å². The quantitative estimate of drug-likeness (QED) is 0.905. The van der Waals surface area contributed by atoms with Crippen molar-refractivity contribution in [3.8, 4) is 17.4 Å². The number of halogens is 1. The molecule has 1 aromatic heterocycles. The monoisotopic (exact) mass is 279 g/mol. The number of aromatic nitrogens is 2. The van der Waals surface area contributed by atoms with E-state index in [0.717, 1.165) is 11.4 Å². The Morgan fingerprint density at radius 3 is 3.00 bits per heavy atom. The first-order valence-corrected chi connectivity index (χ1v) is 6.24. The number of nitrogens with one attached hydrogen (secondary N) is 1. The molecule has 1 aliphatic rings. The van der Waals surface area contributed by atoms with Gasteiger partial charge < -0.3 is 14.2 Å². The Hall–Kier alpha value is -2.44. The van der Waals surface area contributed by atoms with Gasteiger partial charge in [0.05, 0.1) is 11.9 Å². The van der Waals surface area contributed by atoms with Crippen molar-refractivity contribution in [1.29, 1.82) is 0 Å². The van der Waals surface area contributed by atoms with Gasteiger partial charge in [0.25, 0.3) is 0 Å². The molecule has 0 radical (unpaired) electrons. The number of ether oxygens (including phenoxy) is 3. The zero-order valence-corrected chi connectivity index (χ0v) is 10.7. The van der Waals surface area contributed by atoms with E-state index in [4.69, 9.17) is 14.2 Å². The average molecular weight is 279 g/mol. The summed E-state index contributed by atoms with van der Waals surface area (Å²) in [7, 11) is 0. The van der Waals surface area contributed by atoms with Gasteiger partial charge in [0.2, 0.25) is 5.88 Å². The summed E-state index contributed by atoms with van der Waals surface area (Å²) in [4.78, 5) is 3.99. The van der Waals surface area contributed by atoms with Gasteiger partial charge in [-0.1, -0.05) is 0 Å². The summed E-state index contributed by atoms with van der Waals surface area (Å²) in [6.45, 7) is 0.572. The van der Waals surface area contributed by atoms with Gasteiger partial charge in [0, 0.05) is 6.07 Å². The Morgan fingerprint density at radius 1 is 1.30 bits per heavy atom. The first kappa shape index (κ1) is 12.6. The highest BCUT2D eigenvalue weighted by Gasteiger charge is 2.11. The van der Waals surface area contributed by atoms with Crippen LogP contribution in [0, 0.1) is 0 Å². The average Bonchev–Trinajstić information content (AvgIpc) is 2.92. The maximum Gasteiger partial charge on any atom is 0.233 e. The van der Waals surface area contributed by atoms with E-state index in [-0.39, 0.29) is 6.61 Å². The predicted octanol–water partition coefficient (Wildman–Crippen LogP) is 1.88. The zero-order chi connectivity index (χ0) is 13.8. The molecule has 0 amide bonds. The molecule has 0 aliphatic carbocycles. The van der Waals surface area contributed by atoms with Gasteiger partial charge in [-0.25, -0.2) is 14.1 Å². The zero-order valence-electron chi connectivity index (χ0n) is 10.7. The minimum atomic E-state index is -0.539. The molecule has 20 heavy (non-hydrogen) atoms. The third-order valence-corrected chi connectivity index (χ3v) is 2.69. The summed E-state index contributed by atoms with van der Waals surface area (Å²) < 4.78 is 29.6. The number of imidazole rings is 1. The topological polar surface area (TPSA) is 57.5 Å². The second-order valence-corrected chi connectivity index (χ2v) is 4.13. The number of rotatable bonds is 5. The molecule has 2 heterocycles. The largest absolute Gasteiger partial charge is 0.486 e. The van der Waals surface area contributed by atoms with E-state index in [1.54, 1.807) is 17.2 Å². The lowest BCUT2D eigenvalue weighted by atomic mass is 10.2. The minimum absolute atomic E-state index is 0.00103. The molecular formula is C13H14FN3O3. The fourth-order valence-electron chi connectivity index (χ4n) is 1.85. The molecule has 1 aromatic carbocycles. The van der Waals surface area contributed by atoms with Crippen LogP contribution < -0.4 is 19.6 Å². The van der Waals surface area contributed by atoms with E-state index in [9.17, 15) is 4.39 Å². The van der Waals surface area contributed by atoms with Crippen molar-refractivity contribution in [2.45, 2.75) is 0 Å². The van der Waals surface area contributed by atoms with E-state index in [0.29, 0.717) is 24.8 Å². The van der Waals surface area contributed by atoms with Crippen LogP contribution in [0.5, 0.6) is 17.4 Å². The second-order valence-electron chi connectivity index (χ2n) is 4.13. The number of hydrogen-bond donors (Lipinski definition) is 1. The lowest BCUT2D eigenvalue weighted by molar-refractivity contribution is 0.171. The Labute approximate surface area is 115 Å². The van der Waals surface area contributed by atoms with Gasteiger partial charge >= 0.3 is 0 Å². The van der Waals surface area contributed by atoms with Crippen LogP contribution in [-0.2, 0) is 0 Å². The van der Waals surface area contributed by atoms with Gasteiger partial charge in [0.1, 0.15) is 32.8 Å². The molecule has 3 rings (SSSR count). The van der Waals surface area contributed by atoms with E-state index >= 15 is 0 Å². The molecule has 7 heteroatoms. The van der Waals surface area contributed by atoms with Crippen LogP contribution >= 0.6 is 0 Å². The molecule has 0 atom stereocenters. The van der Waals surface area contributed by atoms with Crippen molar-refractivity contribution in [3.63, 3.8) is 0 Å². The number of nitrogens with zero attached hydrogens (tertiary/aromatic N) is 2. The first-order valence-electron chi connectivity index (χ1n) is 6.24. The van der Waals surface area contributed by atoms with Crippen molar-refractivity contribution in [3.05, 3.63) is 30.7 Å². The van der Waals surface area contributed by atoms with Gasteiger partial charge in [0.15, 0.2) is 11.5 Å². The van der Waals surface area contributed by atoms with Crippen molar-refractivity contribution >= 4 is 5.69 Å². The maximum absolute atomic E-state index is 12.0. The van der Waals surface area contributed by atoms with E-state index < -0.39 is 6.67 Å². The number of anilines is 1. The van der Waals surface area contributed by atoms with Crippen molar-refractivity contribution in [2.75, 3.05) is 31.9 Å². The molecule has 6 nitrogen and oxygen atoms in total. The molecule has 106 valence electrons. The molecule has 0 fully saturated rings. The highest BCUT2D eigenvalue weighted by Crippen LogP contribution is 2.32. The number of benzene rings is 1. The van der Waals surface area contributed by atoms with E-state index in [1.165, 1.54) is 0 Å². The Balaban J connectivity index is 1.69. The second kappa shape index (κ2) is 5.68. The summed E-state index contributed by atoms with van der Waals surface area (Å²) in [5.41, 5.74) is 3.92. The molecule has 1 N–H and O–H groups in total. The SMILES string of the molecule is FCCOc1cn(Nc2ccc3c(c2)OCCO3)cn1. The number of fused-ring (bicyclic) bond motifs is 1. The fraction of sp³-hybridized carbons (Fsp3) is 0.308. The summed E-state index contributed by atoms with van der Waals surface area (Å²) in [6, 6.07) is 5.56. The summed E-state index contributed by atoms with van der Waals surface area (Å²) >= 11 is 0. The summed E-state index contributed by atoms with van der Waals surface area (Å²) in [5.74, 6) is 1.81. The van der Waals surface area contributed by atoms with Crippen LogP contribution in [0.25, 0.3) is 0 Å². The van der Waals surface area contributed by atoms with Crippen LogP contribution in [0.15, 0.2) is 30.7 Å². The highest BCUT2D eigenvalue weighted by molar-refractivity contribution is 5.55. The molecule has 0 saturated carbocycles. The standard InChI is InChI=1S/C13H14FN3O3/c14-3-4-20-13-8-17(9-15-13)16-10-1-2-11-12(7-10)19-6-5-18-11/h1-2,7-9,16H,3-6H2. The molecule has 1 aliphatic heterocycles. The fourth-order valence-corrected chi connectivity index (χ4v) is 1.85.